The Morgan fingerprint density at radius 3 is 2.06 bits per heavy atom. The topological polar surface area (TPSA) is 29.1 Å². The first kappa shape index (κ1) is 16.6. The molecule has 0 aliphatic rings. The second-order valence-corrected chi connectivity index (χ2v) is 5.15. The van der Waals surface area contributed by atoms with Crippen LogP contribution in [0.5, 0.6) is 0 Å². The van der Waals surface area contributed by atoms with Crippen molar-refractivity contribution in [1.82, 2.24) is 5.32 Å². The summed E-state index contributed by atoms with van der Waals surface area (Å²) in [6.07, 6.45) is 11.2. The molecule has 1 atom stereocenters. The molecule has 0 rings (SSSR count). The van der Waals surface area contributed by atoms with E-state index in [1.54, 1.807) is 0 Å². The van der Waals surface area contributed by atoms with Gasteiger partial charge in [-0.05, 0) is 13.5 Å². The number of carbonyl (C=O) groups excluding carboxylic acids is 1. The number of nitrogens with one attached hydrogen (secondary N) is 1. The minimum atomic E-state index is 0.185. The maximum atomic E-state index is 11.7. The summed E-state index contributed by atoms with van der Waals surface area (Å²) < 4.78 is 0. The number of ketones is 1. The second kappa shape index (κ2) is 12.1. The Hall–Kier alpha value is -0.370. The summed E-state index contributed by atoms with van der Waals surface area (Å²) in [6, 6.07) is 0. The van der Waals surface area contributed by atoms with E-state index in [-0.39, 0.29) is 5.92 Å². The molecule has 17 heavy (non-hydrogen) atoms. The van der Waals surface area contributed by atoms with Gasteiger partial charge >= 0.3 is 0 Å². The zero-order valence-electron chi connectivity index (χ0n) is 12.1. The molecule has 0 radical (unpaired) electrons. The van der Waals surface area contributed by atoms with Crippen LogP contribution >= 0.6 is 0 Å². The Morgan fingerprint density at radius 2 is 1.53 bits per heavy atom. The van der Waals surface area contributed by atoms with E-state index in [1.807, 2.05) is 14.0 Å². The average Bonchev–Trinajstić information content (AvgIpc) is 2.32. The van der Waals surface area contributed by atoms with Crippen LogP contribution in [0.2, 0.25) is 0 Å². The molecule has 1 unspecified atom stereocenters. The molecule has 0 aromatic heterocycles. The first-order chi connectivity index (χ1) is 8.22. The fraction of sp³-hybridized carbons (Fsp3) is 0.933. The van der Waals surface area contributed by atoms with Crippen molar-refractivity contribution in [2.75, 3.05) is 13.6 Å². The van der Waals surface area contributed by atoms with Gasteiger partial charge in [-0.1, -0.05) is 58.8 Å². The van der Waals surface area contributed by atoms with Gasteiger partial charge in [0.2, 0.25) is 0 Å². The molecule has 0 aliphatic carbocycles. The smallest absolute Gasteiger partial charge is 0.136 e. The van der Waals surface area contributed by atoms with Crippen molar-refractivity contribution in [3.63, 3.8) is 0 Å². The number of rotatable bonds is 12. The lowest BCUT2D eigenvalue weighted by Gasteiger charge is -2.09. The van der Waals surface area contributed by atoms with Crippen LogP contribution in [-0.2, 0) is 4.79 Å². The van der Waals surface area contributed by atoms with Gasteiger partial charge in [-0.2, -0.15) is 0 Å². The molecule has 1 N–H and O–H groups in total. The molecule has 0 saturated heterocycles. The highest BCUT2D eigenvalue weighted by molar-refractivity contribution is 5.80. The van der Waals surface area contributed by atoms with Crippen LogP contribution in [0.25, 0.3) is 0 Å². The largest absolute Gasteiger partial charge is 0.319 e. The summed E-state index contributed by atoms with van der Waals surface area (Å²) in [5.41, 5.74) is 0. The number of carbonyl (C=O) groups is 1. The van der Waals surface area contributed by atoms with Crippen LogP contribution in [0.4, 0.5) is 0 Å². The molecule has 0 heterocycles. The van der Waals surface area contributed by atoms with Gasteiger partial charge in [-0.3, -0.25) is 4.79 Å². The maximum Gasteiger partial charge on any atom is 0.136 e. The summed E-state index contributed by atoms with van der Waals surface area (Å²) in [5, 5.41) is 3.06. The van der Waals surface area contributed by atoms with E-state index in [1.165, 1.54) is 44.9 Å². The number of hydrogen-bond acceptors (Lipinski definition) is 2. The van der Waals surface area contributed by atoms with Gasteiger partial charge in [0, 0.05) is 18.9 Å². The Morgan fingerprint density at radius 1 is 1.00 bits per heavy atom. The van der Waals surface area contributed by atoms with Gasteiger partial charge in [0.15, 0.2) is 0 Å². The standard InChI is InChI=1S/C15H31NO/c1-4-5-6-7-8-9-10-11-12-15(17)14(2)13-16-3/h14,16H,4-13H2,1-3H3. The van der Waals surface area contributed by atoms with Crippen molar-refractivity contribution < 1.29 is 4.79 Å². The van der Waals surface area contributed by atoms with Crippen LogP contribution in [-0.4, -0.2) is 19.4 Å². The van der Waals surface area contributed by atoms with E-state index < -0.39 is 0 Å². The van der Waals surface area contributed by atoms with Crippen molar-refractivity contribution in [3.05, 3.63) is 0 Å². The maximum absolute atomic E-state index is 11.7. The van der Waals surface area contributed by atoms with Gasteiger partial charge in [0.05, 0.1) is 0 Å². The number of Topliss-reactive ketones (excluding diaryl/α,β-unsaturated/α-hetero) is 1. The normalized spacial score (nSPS) is 12.6. The zero-order chi connectivity index (χ0) is 12.9. The van der Waals surface area contributed by atoms with Crippen LogP contribution in [0.1, 0.15) is 71.6 Å². The van der Waals surface area contributed by atoms with E-state index in [4.69, 9.17) is 0 Å². The van der Waals surface area contributed by atoms with Gasteiger partial charge in [0.1, 0.15) is 5.78 Å². The van der Waals surface area contributed by atoms with E-state index in [2.05, 4.69) is 12.2 Å². The minimum Gasteiger partial charge on any atom is -0.319 e. The molecule has 0 bridgehead atoms. The van der Waals surface area contributed by atoms with Crippen molar-refractivity contribution >= 4 is 5.78 Å². The molecule has 0 saturated carbocycles. The van der Waals surface area contributed by atoms with Crippen LogP contribution in [0.15, 0.2) is 0 Å². The first-order valence-corrected chi connectivity index (χ1v) is 7.39. The molecular formula is C15H31NO. The van der Waals surface area contributed by atoms with Crippen molar-refractivity contribution in [2.24, 2.45) is 5.92 Å². The summed E-state index contributed by atoms with van der Waals surface area (Å²) in [7, 11) is 1.90. The van der Waals surface area contributed by atoms with Gasteiger partial charge < -0.3 is 5.32 Å². The number of unbranched alkanes of at least 4 members (excludes halogenated alkanes) is 7. The summed E-state index contributed by atoms with van der Waals surface area (Å²) in [6.45, 7) is 5.08. The molecule has 0 aromatic carbocycles. The van der Waals surface area contributed by atoms with Gasteiger partial charge in [-0.15, -0.1) is 0 Å². The molecule has 0 fully saturated rings. The van der Waals surface area contributed by atoms with Gasteiger partial charge in [0.25, 0.3) is 0 Å². The summed E-state index contributed by atoms with van der Waals surface area (Å²) in [4.78, 5) is 11.7. The van der Waals surface area contributed by atoms with Crippen molar-refractivity contribution in [2.45, 2.75) is 71.6 Å². The molecule has 2 heteroatoms. The van der Waals surface area contributed by atoms with E-state index >= 15 is 0 Å². The quantitative estimate of drug-likeness (QED) is 0.524. The molecule has 0 amide bonds. The van der Waals surface area contributed by atoms with Crippen molar-refractivity contribution in [1.29, 1.82) is 0 Å². The third kappa shape index (κ3) is 10.5. The molecule has 102 valence electrons. The molecule has 0 spiro atoms. The lowest BCUT2D eigenvalue weighted by atomic mass is 10.00. The average molecular weight is 241 g/mol. The number of hydrogen-bond donors (Lipinski definition) is 1. The van der Waals surface area contributed by atoms with E-state index in [9.17, 15) is 4.79 Å². The van der Waals surface area contributed by atoms with Crippen LogP contribution in [0, 0.1) is 5.92 Å². The third-order valence-electron chi connectivity index (χ3n) is 3.34. The summed E-state index contributed by atoms with van der Waals surface area (Å²) in [5.74, 6) is 0.606. The predicted octanol–water partition coefficient (Wildman–Crippen LogP) is 3.94. The summed E-state index contributed by atoms with van der Waals surface area (Å²) >= 11 is 0. The fourth-order valence-corrected chi connectivity index (χ4v) is 2.10. The fourth-order valence-electron chi connectivity index (χ4n) is 2.10. The SMILES string of the molecule is CCCCCCCCCCC(=O)C(C)CNC. The van der Waals surface area contributed by atoms with Crippen LogP contribution < -0.4 is 5.32 Å². The molecule has 2 nitrogen and oxygen atoms in total. The first-order valence-electron chi connectivity index (χ1n) is 7.39. The monoisotopic (exact) mass is 241 g/mol. The lowest BCUT2D eigenvalue weighted by Crippen LogP contribution is -2.23. The third-order valence-corrected chi connectivity index (χ3v) is 3.34. The Labute approximate surface area is 108 Å². The van der Waals surface area contributed by atoms with Crippen molar-refractivity contribution in [3.8, 4) is 0 Å². The zero-order valence-corrected chi connectivity index (χ0v) is 12.1. The Bertz CT molecular complexity index is 180. The highest BCUT2D eigenvalue weighted by Gasteiger charge is 2.10. The van der Waals surface area contributed by atoms with E-state index in [0.717, 1.165) is 19.4 Å². The Kier molecular flexibility index (Phi) is 11.8. The molecule has 0 aliphatic heterocycles. The molecule has 0 aromatic rings. The highest BCUT2D eigenvalue weighted by Crippen LogP contribution is 2.11. The van der Waals surface area contributed by atoms with Crippen LogP contribution in [0.3, 0.4) is 0 Å². The van der Waals surface area contributed by atoms with Gasteiger partial charge in [-0.25, -0.2) is 0 Å². The minimum absolute atomic E-state index is 0.185. The Balaban J connectivity index is 3.24. The predicted molar refractivity (Wildman–Crippen MR) is 75.3 cm³/mol. The lowest BCUT2D eigenvalue weighted by molar-refractivity contribution is -0.122. The highest BCUT2D eigenvalue weighted by atomic mass is 16.1. The molecular weight excluding hydrogens is 210 g/mol. The second-order valence-electron chi connectivity index (χ2n) is 5.15. The van der Waals surface area contributed by atoms with E-state index in [0.29, 0.717) is 5.78 Å².